The molecule has 0 radical (unpaired) electrons. The molecule has 0 saturated heterocycles. The van der Waals surface area contributed by atoms with Crippen molar-refractivity contribution in [1.82, 2.24) is 0 Å². The Morgan fingerprint density at radius 1 is 1.47 bits per heavy atom. The van der Waals surface area contributed by atoms with E-state index in [1.165, 1.54) is 6.07 Å². The highest BCUT2D eigenvalue weighted by Crippen LogP contribution is 2.22. The van der Waals surface area contributed by atoms with E-state index in [2.05, 4.69) is 0 Å². The summed E-state index contributed by atoms with van der Waals surface area (Å²) in [5, 5.41) is 10.6. The third-order valence-corrected chi connectivity index (χ3v) is 3.22. The number of carboxylic acid groups (broad SMARTS) is 1. The molecule has 0 spiro atoms. The van der Waals surface area contributed by atoms with Gasteiger partial charge in [-0.1, -0.05) is 0 Å². The van der Waals surface area contributed by atoms with Crippen LogP contribution in [0.2, 0.25) is 0 Å². The standard InChI is InChI=1S/C13H17FO4S/c1-13(2,3)18-11(15)7-8(12(16)17)6-10-9(14)4-5-19-10/h4-5,8H,6-7H2,1-3H3,(H,16,17). The molecule has 1 rings (SSSR count). The zero-order chi connectivity index (χ0) is 14.6. The van der Waals surface area contributed by atoms with E-state index in [-0.39, 0.29) is 12.8 Å². The average Bonchev–Trinajstić information content (AvgIpc) is 2.60. The normalized spacial score (nSPS) is 13.1. The Balaban J connectivity index is 2.67. The average molecular weight is 288 g/mol. The van der Waals surface area contributed by atoms with E-state index in [1.807, 2.05) is 0 Å². The number of hydrogen-bond donors (Lipinski definition) is 1. The first-order chi connectivity index (χ1) is 8.69. The van der Waals surface area contributed by atoms with E-state index < -0.39 is 29.3 Å². The molecule has 19 heavy (non-hydrogen) atoms. The topological polar surface area (TPSA) is 63.6 Å². The first-order valence-electron chi connectivity index (χ1n) is 5.85. The number of carbonyl (C=O) groups is 2. The Morgan fingerprint density at radius 2 is 2.11 bits per heavy atom. The summed E-state index contributed by atoms with van der Waals surface area (Å²) in [5.41, 5.74) is -0.658. The second-order valence-corrected chi connectivity index (χ2v) is 6.22. The molecule has 1 heterocycles. The maximum absolute atomic E-state index is 13.3. The molecule has 0 aliphatic heterocycles. The summed E-state index contributed by atoms with van der Waals surface area (Å²) in [6, 6.07) is 1.28. The van der Waals surface area contributed by atoms with E-state index >= 15 is 0 Å². The summed E-state index contributed by atoms with van der Waals surface area (Å²) in [5.74, 6) is -3.11. The van der Waals surface area contributed by atoms with Crippen LogP contribution in [0.3, 0.4) is 0 Å². The second kappa shape index (κ2) is 6.14. The summed E-state index contributed by atoms with van der Waals surface area (Å²) in [4.78, 5) is 23.1. The molecular weight excluding hydrogens is 271 g/mol. The van der Waals surface area contributed by atoms with Crippen molar-refractivity contribution in [3.05, 3.63) is 22.1 Å². The Morgan fingerprint density at radius 3 is 2.53 bits per heavy atom. The smallest absolute Gasteiger partial charge is 0.307 e. The minimum Gasteiger partial charge on any atom is -0.481 e. The van der Waals surface area contributed by atoms with Crippen LogP contribution in [0.1, 0.15) is 32.1 Å². The number of rotatable bonds is 5. The fourth-order valence-electron chi connectivity index (χ4n) is 1.53. The van der Waals surface area contributed by atoms with Crippen molar-refractivity contribution in [3.63, 3.8) is 0 Å². The summed E-state index contributed by atoms with van der Waals surface area (Å²) in [6.07, 6.45) is -0.262. The Labute approximate surface area is 115 Å². The lowest BCUT2D eigenvalue weighted by atomic mass is 10.0. The first-order valence-corrected chi connectivity index (χ1v) is 6.73. The van der Waals surface area contributed by atoms with Crippen LogP contribution in [0.25, 0.3) is 0 Å². The van der Waals surface area contributed by atoms with Crippen molar-refractivity contribution < 1.29 is 23.8 Å². The van der Waals surface area contributed by atoms with Crippen molar-refractivity contribution in [2.75, 3.05) is 0 Å². The molecule has 0 amide bonds. The molecule has 1 aromatic rings. The third-order valence-electron chi connectivity index (χ3n) is 2.31. The van der Waals surface area contributed by atoms with E-state index in [0.29, 0.717) is 4.88 Å². The first kappa shape index (κ1) is 15.6. The van der Waals surface area contributed by atoms with Crippen molar-refractivity contribution in [2.45, 2.75) is 39.2 Å². The molecule has 0 aromatic carbocycles. The fraction of sp³-hybridized carbons (Fsp3) is 0.538. The van der Waals surface area contributed by atoms with Crippen molar-refractivity contribution in [2.24, 2.45) is 5.92 Å². The van der Waals surface area contributed by atoms with Crippen molar-refractivity contribution in [1.29, 1.82) is 0 Å². The molecule has 4 nitrogen and oxygen atoms in total. The van der Waals surface area contributed by atoms with Crippen molar-refractivity contribution in [3.8, 4) is 0 Å². The van der Waals surface area contributed by atoms with Crippen LogP contribution < -0.4 is 0 Å². The van der Waals surface area contributed by atoms with Gasteiger partial charge >= 0.3 is 11.9 Å². The number of thiophene rings is 1. The molecule has 1 aromatic heterocycles. The largest absolute Gasteiger partial charge is 0.481 e. The van der Waals surface area contributed by atoms with E-state index in [1.54, 1.807) is 26.2 Å². The molecule has 0 aliphatic rings. The molecule has 1 N–H and O–H groups in total. The van der Waals surface area contributed by atoms with Crippen LogP contribution in [0.15, 0.2) is 11.4 Å². The second-order valence-electron chi connectivity index (χ2n) is 5.22. The van der Waals surface area contributed by atoms with Gasteiger partial charge < -0.3 is 9.84 Å². The highest BCUT2D eigenvalue weighted by atomic mass is 32.1. The van der Waals surface area contributed by atoms with Gasteiger partial charge in [0.2, 0.25) is 0 Å². The number of esters is 1. The van der Waals surface area contributed by atoms with Gasteiger partial charge in [-0.2, -0.15) is 0 Å². The molecule has 0 aliphatic carbocycles. The van der Waals surface area contributed by atoms with Gasteiger partial charge in [0.1, 0.15) is 11.4 Å². The molecule has 0 saturated carbocycles. The Bertz CT molecular complexity index is 461. The van der Waals surface area contributed by atoms with E-state index in [9.17, 15) is 14.0 Å². The summed E-state index contributed by atoms with van der Waals surface area (Å²) < 4.78 is 18.4. The van der Waals surface area contributed by atoms with Gasteiger partial charge in [0.15, 0.2) is 0 Å². The maximum atomic E-state index is 13.3. The molecule has 1 unspecified atom stereocenters. The maximum Gasteiger partial charge on any atom is 0.307 e. The van der Waals surface area contributed by atoms with Gasteiger partial charge in [0.25, 0.3) is 0 Å². The van der Waals surface area contributed by atoms with Gasteiger partial charge in [-0.05, 0) is 38.6 Å². The predicted octanol–water partition coefficient (Wildman–Crippen LogP) is 2.86. The zero-order valence-corrected chi connectivity index (χ0v) is 11.9. The quantitative estimate of drug-likeness (QED) is 0.846. The highest BCUT2D eigenvalue weighted by Gasteiger charge is 2.26. The fourth-order valence-corrected chi connectivity index (χ4v) is 2.36. The lowest BCUT2D eigenvalue weighted by Gasteiger charge is -2.20. The van der Waals surface area contributed by atoms with E-state index in [4.69, 9.17) is 9.84 Å². The summed E-state index contributed by atoms with van der Waals surface area (Å²) in [6.45, 7) is 5.12. The molecule has 6 heteroatoms. The number of carbonyl (C=O) groups excluding carboxylic acids is 1. The summed E-state index contributed by atoms with van der Waals surface area (Å²) in [7, 11) is 0. The third kappa shape index (κ3) is 5.38. The number of halogens is 1. The SMILES string of the molecule is CC(C)(C)OC(=O)CC(Cc1sccc1F)C(=O)O. The van der Waals surface area contributed by atoms with Crippen LogP contribution in [0, 0.1) is 11.7 Å². The number of carboxylic acids is 1. The highest BCUT2D eigenvalue weighted by molar-refractivity contribution is 7.09. The van der Waals surface area contributed by atoms with Gasteiger partial charge in [0.05, 0.1) is 12.3 Å². The number of ether oxygens (including phenoxy) is 1. The van der Waals surface area contributed by atoms with Gasteiger partial charge in [0, 0.05) is 4.88 Å². The van der Waals surface area contributed by atoms with Crippen molar-refractivity contribution >= 4 is 23.3 Å². The number of aliphatic carboxylic acids is 1. The Kier molecular flexibility index (Phi) is 5.05. The van der Waals surface area contributed by atoms with E-state index in [0.717, 1.165) is 11.3 Å². The molecule has 0 bridgehead atoms. The van der Waals surface area contributed by atoms with Crippen LogP contribution in [0.5, 0.6) is 0 Å². The lowest BCUT2D eigenvalue weighted by Crippen LogP contribution is -2.28. The van der Waals surface area contributed by atoms with Gasteiger partial charge in [-0.3, -0.25) is 9.59 Å². The minimum atomic E-state index is -1.13. The number of hydrogen-bond acceptors (Lipinski definition) is 4. The molecule has 0 fully saturated rings. The zero-order valence-electron chi connectivity index (χ0n) is 11.1. The predicted molar refractivity (Wildman–Crippen MR) is 69.6 cm³/mol. The monoisotopic (exact) mass is 288 g/mol. The Hall–Kier alpha value is -1.43. The van der Waals surface area contributed by atoms with Gasteiger partial charge in [-0.25, -0.2) is 4.39 Å². The molecular formula is C13H17FO4S. The summed E-state index contributed by atoms with van der Waals surface area (Å²) >= 11 is 1.15. The molecule has 106 valence electrons. The van der Waals surface area contributed by atoms with Crippen LogP contribution in [-0.4, -0.2) is 22.6 Å². The van der Waals surface area contributed by atoms with Gasteiger partial charge in [-0.15, -0.1) is 11.3 Å². The lowest BCUT2D eigenvalue weighted by molar-refractivity contribution is -0.159. The van der Waals surface area contributed by atoms with Crippen LogP contribution >= 0.6 is 11.3 Å². The molecule has 1 atom stereocenters. The minimum absolute atomic E-state index is 0.00191. The van der Waals surface area contributed by atoms with Crippen LogP contribution in [-0.2, 0) is 20.7 Å². The van der Waals surface area contributed by atoms with Crippen LogP contribution in [0.4, 0.5) is 4.39 Å².